The second-order valence-electron chi connectivity index (χ2n) is 4.81. The number of rotatable bonds is 5. The third-order valence-corrected chi connectivity index (χ3v) is 3.46. The van der Waals surface area contributed by atoms with Crippen molar-refractivity contribution in [3.05, 3.63) is 34.9 Å². The van der Waals surface area contributed by atoms with Gasteiger partial charge in [0.15, 0.2) is 0 Å². The average molecular weight is 258 g/mol. The van der Waals surface area contributed by atoms with Crippen LogP contribution in [0.5, 0.6) is 0 Å². The molecule has 0 bridgehead atoms. The summed E-state index contributed by atoms with van der Waals surface area (Å²) in [5.41, 5.74) is 3.17. The van der Waals surface area contributed by atoms with Crippen molar-refractivity contribution in [3.63, 3.8) is 0 Å². The standard InChI is InChI=1S/C16H22N2O/c1-5-18(6-2)16(19)10-14(11-17)15-9-12(3)7-8-13(15)4/h7-9,14H,5-6,10H2,1-4H3. The summed E-state index contributed by atoms with van der Waals surface area (Å²) in [7, 11) is 0. The topological polar surface area (TPSA) is 44.1 Å². The minimum absolute atomic E-state index is 0.0532. The number of carbonyl (C=O) groups excluding carboxylic acids is 1. The fourth-order valence-corrected chi connectivity index (χ4v) is 2.24. The summed E-state index contributed by atoms with van der Waals surface area (Å²) < 4.78 is 0. The van der Waals surface area contributed by atoms with Crippen molar-refractivity contribution < 1.29 is 4.79 Å². The lowest BCUT2D eigenvalue weighted by Gasteiger charge is -2.21. The summed E-state index contributed by atoms with van der Waals surface area (Å²) >= 11 is 0. The molecule has 0 aliphatic rings. The molecule has 3 nitrogen and oxygen atoms in total. The smallest absolute Gasteiger partial charge is 0.224 e. The van der Waals surface area contributed by atoms with Gasteiger partial charge in [0.25, 0.3) is 0 Å². The van der Waals surface area contributed by atoms with Crippen LogP contribution in [0.1, 0.15) is 42.9 Å². The first-order chi connectivity index (χ1) is 9.03. The molecule has 0 aromatic heterocycles. The van der Waals surface area contributed by atoms with Crippen LogP contribution in [0.3, 0.4) is 0 Å². The molecule has 19 heavy (non-hydrogen) atoms. The Balaban J connectivity index is 2.93. The van der Waals surface area contributed by atoms with Crippen LogP contribution in [-0.4, -0.2) is 23.9 Å². The van der Waals surface area contributed by atoms with Gasteiger partial charge < -0.3 is 4.90 Å². The van der Waals surface area contributed by atoms with Crippen molar-refractivity contribution in [3.8, 4) is 6.07 Å². The number of hydrogen-bond donors (Lipinski definition) is 0. The monoisotopic (exact) mass is 258 g/mol. The predicted octanol–water partition coefficient (Wildman–Crippen LogP) is 3.17. The first kappa shape index (κ1) is 15.2. The lowest BCUT2D eigenvalue weighted by atomic mass is 9.91. The Morgan fingerprint density at radius 1 is 1.32 bits per heavy atom. The molecule has 0 radical (unpaired) electrons. The highest BCUT2D eigenvalue weighted by Crippen LogP contribution is 2.24. The molecule has 1 aromatic carbocycles. The Kier molecular flexibility index (Phi) is 5.57. The zero-order chi connectivity index (χ0) is 14.4. The first-order valence-corrected chi connectivity index (χ1v) is 6.78. The van der Waals surface area contributed by atoms with Crippen LogP contribution >= 0.6 is 0 Å². The fraction of sp³-hybridized carbons (Fsp3) is 0.500. The molecule has 0 aliphatic carbocycles. The molecule has 1 atom stereocenters. The predicted molar refractivity (Wildman–Crippen MR) is 76.8 cm³/mol. The maximum absolute atomic E-state index is 12.1. The van der Waals surface area contributed by atoms with E-state index in [2.05, 4.69) is 6.07 Å². The fourth-order valence-electron chi connectivity index (χ4n) is 2.24. The maximum Gasteiger partial charge on any atom is 0.224 e. The number of amides is 1. The third-order valence-electron chi connectivity index (χ3n) is 3.46. The van der Waals surface area contributed by atoms with Gasteiger partial charge in [-0.25, -0.2) is 0 Å². The SMILES string of the molecule is CCN(CC)C(=O)CC(C#N)c1cc(C)ccc1C. The second-order valence-corrected chi connectivity index (χ2v) is 4.81. The van der Waals surface area contributed by atoms with E-state index in [0.29, 0.717) is 13.1 Å². The van der Waals surface area contributed by atoms with Crippen LogP contribution in [0.4, 0.5) is 0 Å². The second kappa shape index (κ2) is 6.94. The molecule has 3 heteroatoms. The molecule has 1 rings (SSSR count). The number of carbonyl (C=O) groups is 1. The van der Waals surface area contributed by atoms with Crippen molar-refractivity contribution in [2.45, 2.75) is 40.0 Å². The number of benzene rings is 1. The lowest BCUT2D eigenvalue weighted by Crippen LogP contribution is -2.31. The zero-order valence-corrected chi connectivity index (χ0v) is 12.2. The molecular formula is C16H22N2O. The number of nitriles is 1. The summed E-state index contributed by atoms with van der Waals surface area (Å²) in [6.07, 6.45) is 0.266. The minimum atomic E-state index is -0.354. The van der Waals surface area contributed by atoms with Gasteiger partial charge in [0.05, 0.1) is 12.0 Å². The van der Waals surface area contributed by atoms with E-state index in [1.54, 1.807) is 4.90 Å². The molecule has 1 aromatic rings. The van der Waals surface area contributed by atoms with Crippen molar-refractivity contribution in [2.75, 3.05) is 13.1 Å². The van der Waals surface area contributed by atoms with E-state index in [-0.39, 0.29) is 18.2 Å². The van der Waals surface area contributed by atoms with Gasteiger partial charge in [-0.05, 0) is 38.8 Å². The Morgan fingerprint density at radius 3 is 2.47 bits per heavy atom. The number of aryl methyl sites for hydroxylation is 2. The van der Waals surface area contributed by atoms with E-state index < -0.39 is 0 Å². The van der Waals surface area contributed by atoms with Crippen molar-refractivity contribution in [2.24, 2.45) is 0 Å². The van der Waals surface area contributed by atoms with E-state index in [9.17, 15) is 10.1 Å². The van der Waals surface area contributed by atoms with Crippen LogP contribution in [0.15, 0.2) is 18.2 Å². The van der Waals surface area contributed by atoms with Gasteiger partial charge >= 0.3 is 0 Å². The van der Waals surface area contributed by atoms with E-state index >= 15 is 0 Å². The molecule has 102 valence electrons. The van der Waals surface area contributed by atoms with E-state index in [1.807, 2.05) is 45.9 Å². The molecule has 0 spiro atoms. The van der Waals surface area contributed by atoms with Gasteiger partial charge in [-0.1, -0.05) is 23.8 Å². The van der Waals surface area contributed by atoms with Gasteiger partial charge in [-0.15, -0.1) is 0 Å². The summed E-state index contributed by atoms with van der Waals surface area (Å²) in [6.45, 7) is 9.30. The van der Waals surface area contributed by atoms with Gasteiger partial charge in [-0.2, -0.15) is 5.26 Å². The van der Waals surface area contributed by atoms with Crippen molar-refractivity contribution in [1.82, 2.24) is 4.90 Å². The zero-order valence-electron chi connectivity index (χ0n) is 12.2. The van der Waals surface area contributed by atoms with Gasteiger partial charge in [0.1, 0.15) is 0 Å². The molecule has 0 fully saturated rings. The van der Waals surface area contributed by atoms with Crippen LogP contribution in [0.2, 0.25) is 0 Å². The molecule has 0 saturated carbocycles. The van der Waals surface area contributed by atoms with E-state index in [1.165, 1.54) is 0 Å². The molecule has 0 saturated heterocycles. The first-order valence-electron chi connectivity index (χ1n) is 6.78. The van der Waals surface area contributed by atoms with Crippen molar-refractivity contribution >= 4 is 5.91 Å². The van der Waals surface area contributed by atoms with Crippen LogP contribution in [-0.2, 0) is 4.79 Å². The third kappa shape index (κ3) is 3.82. The van der Waals surface area contributed by atoms with Gasteiger partial charge in [-0.3, -0.25) is 4.79 Å². The van der Waals surface area contributed by atoms with Crippen molar-refractivity contribution in [1.29, 1.82) is 5.26 Å². The quantitative estimate of drug-likeness (QED) is 0.814. The van der Waals surface area contributed by atoms with Crippen LogP contribution < -0.4 is 0 Å². The Bertz CT molecular complexity index is 484. The highest BCUT2D eigenvalue weighted by molar-refractivity contribution is 5.77. The molecular weight excluding hydrogens is 236 g/mol. The molecule has 0 N–H and O–H groups in total. The van der Waals surface area contributed by atoms with E-state index in [4.69, 9.17) is 0 Å². The molecule has 0 heterocycles. The summed E-state index contributed by atoms with van der Waals surface area (Å²) in [5, 5.41) is 9.35. The highest BCUT2D eigenvalue weighted by Gasteiger charge is 2.20. The molecule has 0 aliphatic heterocycles. The average Bonchev–Trinajstić information content (AvgIpc) is 2.40. The number of nitrogens with zero attached hydrogens (tertiary/aromatic N) is 2. The highest BCUT2D eigenvalue weighted by atomic mass is 16.2. The maximum atomic E-state index is 12.1. The molecule has 1 amide bonds. The Morgan fingerprint density at radius 2 is 1.95 bits per heavy atom. The van der Waals surface area contributed by atoms with Gasteiger partial charge in [0.2, 0.25) is 5.91 Å². The summed E-state index contributed by atoms with van der Waals surface area (Å²) in [4.78, 5) is 13.9. The number of hydrogen-bond acceptors (Lipinski definition) is 2. The minimum Gasteiger partial charge on any atom is -0.343 e. The van der Waals surface area contributed by atoms with Crippen LogP contribution in [0, 0.1) is 25.2 Å². The largest absolute Gasteiger partial charge is 0.343 e. The Hall–Kier alpha value is -1.82. The molecule has 1 unspecified atom stereocenters. The van der Waals surface area contributed by atoms with E-state index in [0.717, 1.165) is 16.7 Å². The normalized spacial score (nSPS) is 11.7. The summed E-state index contributed by atoms with van der Waals surface area (Å²) in [6, 6.07) is 8.32. The van der Waals surface area contributed by atoms with Gasteiger partial charge in [0, 0.05) is 19.5 Å². The summed E-state index contributed by atoms with van der Waals surface area (Å²) in [5.74, 6) is -0.301. The lowest BCUT2D eigenvalue weighted by molar-refractivity contribution is -0.130. The van der Waals surface area contributed by atoms with Crippen LogP contribution in [0.25, 0.3) is 0 Å². The Labute approximate surface area is 115 Å².